The van der Waals surface area contributed by atoms with E-state index in [0.29, 0.717) is 11.2 Å². The molecule has 3 N–H and O–H groups in total. The summed E-state index contributed by atoms with van der Waals surface area (Å²) < 4.78 is 0. The Balaban J connectivity index is 1.85. The molecule has 0 bridgehead atoms. The first-order valence-electron chi connectivity index (χ1n) is 11.1. The molecule has 4 rings (SSSR count). The Hall–Kier alpha value is -4.00. The fourth-order valence-corrected chi connectivity index (χ4v) is 4.00. The first-order chi connectivity index (χ1) is 16.1. The van der Waals surface area contributed by atoms with Gasteiger partial charge in [0.2, 0.25) is 0 Å². The molecule has 0 aliphatic rings. The zero-order chi connectivity index (χ0) is 23.4. The molecule has 0 atom stereocenters. The molecule has 1 aromatic carbocycles. The van der Waals surface area contributed by atoms with E-state index >= 15 is 0 Å². The summed E-state index contributed by atoms with van der Waals surface area (Å²) in [4.78, 5) is 25.1. The lowest BCUT2D eigenvalue weighted by atomic mass is 10.0. The Morgan fingerprint density at radius 1 is 1.21 bits per heavy atom. The minimum Gasteiger partial charge on any atom is -0.353 e. The van der Waals surface area contributed by atoms with Crippen LogP contribution in [0.4, 0.5) is 0 Å². The van der Waals surface area contributed by atoms with E-state index < -0.39 is 0 Å². The van der Waals surface area contributed by atoms with E-state index in [1.807, 2.05) is 37.4 Å². The van der Waals surface area contributed by atoms with Gasteiger partial charge in [0.15, 0.2) is 5.65 Å². The molecular formula is C26H28N6O. The molecule has 0 radical (unpaired) electrons. The minimum atomic E-state index is -0.128. The average molecular weight is 441 g/mol. The van der Waals surface area contributed by atoms with Crippen molar-refractivity contribution in [3.8, 4) is 11.4 Å². The predicted molar refractivity (Wildman–Crippen MR) is 135 cm³/mol. The van der Waals surface area contributed by atoms with Gasteiger partial charge >= 0.3 is 0 Å². The number of aromatic amines is 2. The fraction of sp³-hybridized carbons (Fsp3) is 0.231. The van der Waals surface area contributed by atoms with Crippen molar-refractivity contribution in [1.29, 1.82) is 0 Å². The van der Waals surface area contributed by atoms with Gasteiger partial charge in [-0.2, -0.15) is 5.10 Å². The number of aliphatic imine (C=N–C) groups is 1. The van der Waals surface area contributed by atoms with E-state index in [0.717, 1.165) is 51.7 Å². The second kappa shape index (κ2) is 9.65. The minimum absolute atomic E-state index is 0.128. The van der Waals surface area contributed by atoms with Crippen molar-refractivity contribution in [2.75, 3.05) is 0 Å². The van der Waals surface area contributed by atoms with Crippen molar-refractivity contribution < 1.29 is 4.79 Å². The van der Waals surface area contributed by atoms with Crippen LogP contribution in [-0.4, -0.2) is 38.3 Å². The van der Waals surface area contributed by atoms with Gasteiger partial charge < -0.3 is 10.3 Å². The molecule has 3 heterocycles. The number of pyridine rings is 1. The smallest absolute Gasteiger partial charge is 0.253 e. The number of carbonyl (C=O) groups excluding carboxylic acids is 1. The molecule has 0 aliphatic heterocycles. The van der Waals surface area contributed by atoms with Crippen LogP contribution in [0.1, 0.15) is 49.5 Å². The molecule has 3 aromatic heterocycles. The summed E-state index contributed by atoms with van der Waals surface area (Å²) in [7, 11) is 0. The Morgan fingerprint density at radius 2 is 2.00 bits per heavy atom. The molecule has 0 aliphatic carbocycles. The normalized spacial score (nSPS) is 12.3. The first-order valence-corrected chi connectivity index (χ1v) is 11.1. The van der Waals surface area contributed by atoms with E-state index in [4.69, 9.17) is 0 Å². The Morgan fingerprint density at radius 3 is 2.76 bits per heavy atom. The summed E-state index contributed by atoms with van der Waals surface area (Å²) in [6.45, 7) is 9.83. The number of allylic oxidation sites excluding steroid dienone is 2. The van der Waals surface area contributed by atoms with Crippen LogP contribution in [0.5, 0.6) is 0 Å². The van der Waals surface area contributed by atoms with Crippen LogP contribution in [0.25, 0.3) is 38.9 Å². The summed E-state index contributed by atoms with van der Waals surface area (Å²) in [6.07, 6.45) is 8.44. The van der Waals surface area contributed by atoms with Crippen molar-refractivity contribution >= 4 is 39.6 Å². The number of aromatic nitrogens is 4. The second-order valence-corrected chi connectivity index (χ2v) is 7.95. The van der Waals surface area contributed by atoms with Crippen LogP contribution < -0.4 is 5.32 Å². The maximum Gasteiger partial charge on any atom is 0.253 e. The van der Waals surface area contributed by atoms with Crippen molar-refractivity contribution in [3.63, 3.8) is 0 Å². The van der Waals surface area contributed by atoms with E-state index in [1.165, 1.54) is 0 Å². The lowest BCUT2D eigenvalue weighted by Crippen LogP contribution is -2.33. The summed E-state index contributed by atoms with van der Waals surface area (Å²) in [5, 5.41) is 12.4. The quantitative estimate of drug-likeness (QED) is 0.309. The highest BCUT2D eigenvalue weighted by atomic mass is 16.1. The number of benzene rings is 1. The maximum absolute atomic E-state index is 12.8. The van der Waals surface area contributed by atoms with Gasteiger partial charge in [-0.25, -0.2) is 4.98 Å². The first kappa shape index (κ1) is 22.2. The van der Waals surface area contributed by atoms with Crippen LogP contribution in [-0.2, 0) is 0 Å². The molecule has 4 aromatic rings. The van der Waals surface area contributed by atoms with Crippen molar-refractivity contribution in [1.82, 2.24) is 25.5 Å². The monoisotopic (exact) mass is 440 g/mol. The van der Waals surface area contributed by atoms with E-state index in [1.54, 1.807) is 18.5 Å². The number of H-pyrrole nitrogens is 2. The van der Waals surface area contributed by atoms with Gasteiger partial charge in [-0.3, -0.25) is 14.9 Å². The lowest BCUT2D eigenvalue weighted by molar-refractivity contribution is 0.0934. The molecule has 0 spiro atoms. The van der Waals surface area contributed by atoms with Gasteiger partial charge in [0, 0.05) is 46.5 Å². The lowest BCUT2D eigenvalue weighted by Gasteiger charge is -2.14. The van der Waals surface area contributed by atoms with Crippen molar-refractivity contribution in [3.05, 3.63) is 66.5 Å². The Bertz CT molecular complexity index is 1370. The largest absolute Gasteiger partial charge is 0.353 e. The molecule has 0 unspecified atom stereocenters. The number of rotatable bonds is 8. The summed E-state index contributed by atoms with van der Waals surface area (Å²) in [5.41, 5.74) is 5.73. The van der Waals surface area contributed by atoms with Gasteiger partial charge in [0.25, 0.3) is 5.91 Å². The standard InChI is InChI=1S/C26H28N6O/c1-5-12-27-14-16(4)22-19-10-8-9-11-21(19)30-24(22)23-20-13-17(15-28-25(20)32-31-23)26(33)29-18(6-2)7-3/h5,8-15,18,30H,1,6-7H2,2-4H3,(H,29,33)(H,28,31,32)/b16-14+,27-12?. The topological polar surface area (TPSA) is 98.8 Å². The van der Waals surface area contributed by atoms with Crippen LogP contribution in [0.3, 0.4) is 0 Å². The average Bonchev–Trinajstić information content (AvgIpc) is 3.43. The zero-order valence-electron chi connectivity index (χ0n) is 19.1. The zero-order valence-corrected chi connectivity index (χ0v) is 19.1. The van der Waals surface area contributed by atoms with Gasteiger partial charge in [-0.15, -0.1) is 0 Å². The third-order valence-electron chi connectivity index (χ3n) is 5.80. The molecule has 7 heteroatoms. The van der Waals surface area contributed by atoms with Crippen molar-refractivity contribution in [2.45, 2.75) is 39.7 Å². The van der Waals surface area contributed by atoms with Gasteiger partial charge in [-0.05, 0) is 37.5 Å². The molecule has 0 fully saturated rings. The molecule has 168 valence electrons. The highest BCUT2D eigenvalue weighted by Crippen LogP contribution is 2.37. The predicted octanol–water partition coefficient (Wildman–Crippen LogP) is 5.64. The number of nitrogens with one attached hydrogen (secondary N) is 3. The van der Waals surface area contributed by atoms with E-state index in [9.17, 15) is 4.79 Å². The van der Waals surface area contributed by atoms with Crippen LogP contribution >= 0.6 is 0 Å². The highest BCUT2D eigenvalue weighted by molar-refractivity contribution is 6.05. The molecular weight excluding hydrogens is 412 g/mol. The number of hydrogen-bond donors (Lipinski definition) is 3. The number of amides is 1. The van der Waals surface area contributed by atoms with Crippen molar-refractivity contribution in [2.24, 2.45) is 4.99 Å². The van der Waals surface area contributed by atoms with E-state index in [-0.39, 0.29) is 11.9 Å². The fourth-order valence-electron chi connectivity index (χ4n) is 4.00. The Kier molecular flexibility index (Phi) is 6.49. The third kappa shape index (κ3) is 4.35. The molecule has 0 saturated heterocycles. The number of fused-ring (bicyclic) bond motifs is 2. The molecule has 1 amide bonds. The van der Waals surface area contributed by atoms with Gasteiger partial charge in [0.05, 0.1) is 17.0 Å². The summed E-state index contributed by atoms with van der Waals surface area (Å²) >= 11 is 0. The molecule has 7 nitrogen and oxygen atoms in total. The number of para-hydroxylation sites is 1. The SMILES string of the molecule is C=CC=N/C=C(\C)c1c(-c2[nH]nc3ncc(C(=O)NC(CC)CC)cc23)[nH]c2ccccc12. The number of carbonyl (C=O) groups is 1. The molecule has 33 heavy (non-hydrogen) atoms. The number of hydrogen-bond acceptors (Lipinski definition) is 4. The van der Waals surface area contributed by atoms with E-state index in [2.05, 4.69) is 57.0 Å². The van der Waals surface area contributed by atoms with Gasteiger partial charge in [-0.1, -0.05) is 44.7 Å². The van der Waals surface area contributed by atoms with Crippen LogP contribution in [0, 0.1) is 0 Å². The number of nitrogens with zero attached hydrogens (tertiary/aromatic N) is 3. The molecule has 0 saturated carbocycles. The Labute approximate surface area is 192 Å². The van der Waals surface area contributed by atoms with Crippen LogP contribution in [0.15, 0.2) is 60.4 Å². The second-order valence-electron chi connectivity index (χ2n) is 7.95. The van der Waals surface area contributed by atoms with Gasteiger partial charge in [0.1, 0.15) is 0 Å². The third-order valence-corrected chi connectivity index (χ3v) is 5.80. The van der Waals surface area contributed by atoms with Crippen LogP contribution in [0.2, 0.25) is 0 Å². The summed E-state index contributed by atoms with van der Waals surface area (Å²) in [6, 6.07) is 10.1. The summed E-state index contributed by atoms with van der Waals surface area (Å²) in [5.74, 6) is -0.128. The highest BCUT2D eigenvalue weighted by Gasteiger charge is 2.20. The maximum atomic E-state index is 12.8.